The molecule has 0 fully saturated rings. The lowest BCUT2D eigenvalue weighted by atomic mass is 9.99. The molecule has 1 aromatic heterocycles. The molecule has 0 saturated carbocycles. The lowest BCUT2D eigenvalue weighted by Gasteiger charge is -2.10. The summed E-state index contributed by atoms with van der Waals surface area (Å²) in [7, 11) is 0. The van der Waals surface area contributed by atoms with Gasteiger partial charge in [-0.05, 0) is 42.2 Å². The lowest BCUT2D eigenvalue weighted by Crippen LogP contribution is -1.98. The Hall–Kier alpha value is -2.29. The summed E-state index contributed by atoms with van der Waals surface area (Å²) in [6.45, 7) is 4.90. The van der Waals surface area contributed by atoms with Crippen molar-refractivity contribution in [1.82, 2.24) is 9.97 Å². The van der Waals surface area contributed by atoms with E-state index in [0.717, 1.165) is 29.0 Å². The highest BCUT2D eigenvalue weighted by Crippen LogP contribution is 2.22. The normalized spacial score (nSPS) is 12.5. The maximum Gasteiger partial charge on any atom is 0.146 e. The van der Waals surface area contributed by atoms with E-state index in [1.807, 2.05) is 36.4 Å². The molecule has 108 valence electrons. The minimum Gasteiger partial charge on any atom is -0.486 e. The molecule has 0 unspecified atom stereocenters. The summed E-state index contributed by atoms with van der Waals surface area (Å²) in [5.74, 6) is 2.32. The van der Waals surface area contributed by atoms with Crippen LogP contribution in [0.2, 0.25) is 0 Å². The van der Waals surface area contributed by atoms with Crippen molar-refractivity contribution < 1.29 is 4.74 Å². The van der Waals surface area contributed by atoms with E-state index in [1.54, 1.807) is 0 Å². The monoisotopic (exact) mass is 280 g/mol. The third-order valence-electron chi connectivity index (χ3n) is 3.88. The second kappa shape index (κ2) is 6.00. The maximum absolute atomic E-state index is 5.80. The summed E-state index contributed by atoms with van der Waals surface area (Å²) in [5.41, 5.74) is 3.38. The first-order chi connectivity index (χ1) is 10.3. The van der Waals surface area contributed by atoms with Crippen molar-refractivity contribution >= 4 is 11.0 Å². The van der Waals surface area contributed by atoms with E-state index in [2.05, 4.69) is 35.9 Å². The molecule has 3 nitrogen and oxygen atoms in total. The van der Waals surface area contributed by atoms with Gasteiger partial charge in [-0.1, -0.05) is 38.1 Å². The van der Waals surface area contributed by atoms with Gasteiger partial charge in [0.1, 0.15) is 18.2 Å². The quantitative estimate of drug-likeness (QED) is 0.738. The molecule has 0 aliphatic heterocycles. The van der Waals surface area contributed by atoms with Crippen molar-refractivity contribution in [2.24, 2.45) is 0 Å². The largest absolute Gasteiger partial charge is 0.486 e. The van der Waals surface area contributed by atoms with Gasteiger partial charge in [-0.25, -0.2) is 4.98 Å². The zero-order valence-corrected chi connectivity index (χ0v) is 12.5. The molecule has 0 bridgehead atoms. The van der Waals surface area contributed by atoms with Crippen molar-refractivity contribution in [3.05, 3.63) is 59.9 Å². The highest BCUT2D eigenvalue weighted by Gasteiger charge is 2.05. The molecule has 0 spiro atoms. The fourth-order valence-electron chi connectivity index (χ4n) is 2.35. The van der Waals surface area contributed by atoms with E-state index in [1.165, 1.54) is 5.56 Å². The van der Waals surface area contributed by atoms with Crippen LogP contribution in [0.1, 0.15) is 37.6 Å². The molecular formula is C18H20N2O. The number of fused-ring (bicyclic) bond motifs is 1. The van der Waals surface area contributed by atoms with E-state index >= 15 is 0 Å². The zero-order valence-electron chi connectivity index (χ0n) is 12.5. The smallest absolute Gasteiger partial charge is 0.146 e. The highest BCUT2D eigenvalue weighted by molar-refractivity contribution is 5.74. The Morgan fingerprint density at radius 3 is 2.57 bits per heavy atom. The molecule has 21 heavy (non-hydrogen) atoms. The van der Waals surface area contributed by atoms with Gasteiger partial charge < -0.3 is 9.72 Å². The van der Waals surface area contributed by atoms with Crippen molar-refractivity contribution in [1.29, 1.82) is 0 Å². The fraction of sp³-hybridized carbons (Fsp3) is 0.278. The summed E-state index contributed by atoms with van der Waals surface area (Å²) < 4.78 is 5.80. The van der Waals surface area contributed by atoms with Gasteiger partial charge >= 0.3 is 0 Å². The van der Waals surface area contributed by atoms with E-state index < -0.39 is 0 Å². The number of rotatable bonds is 5. The number of aromatic nitrogens is 2. The summed E-state index contributed by atoms with van der Waals surface area (Å²) in [5, 5.41) is 0. The number of para-hydroxylation sites is 2. The highest BCUT2D eigenvalue weighted by atomic mass is 16.5. The summed E-state index contributed by atoms with van der Waals surface area (Å²) in [6.07, 6.45) is 1.15. The van der Waals surface area contributed by atoms with E-state index in [9.17, 15) is 0 Å². The third kappa shape index (κ3) is 3.07. The van der Waals surface area contributed by atoms with Crippen LogP contribution in [-0.4, -0.2) is 9.97 Å². The average Bonchev–Trinajstić information content (AvgIpc) is 2.95. The predicted octanol–water partition coefficient (Wildman–Crippen LogP) is 4.66. The van der Waals surface area contributed by atoms with Crippen molar-refractivity contribution in [2.75, 3.05) is 0 Å². The van der Waals surface area contributed by atoms with Gasteiger partial charge in [0.25, 0.3) is 0 Å². The number of hydrogen-bond acceptors (Lipinski definition) is 2. The van der Waals surface area contributed by atoms with Gasteiger partial charge in [-0.3, -0.25) is 0 Å². The molecule has 1 N–H and O–H groups in total. The van der Waals surface area contributed by atoms with E-state index in [4.69, 9.17) is 4.74 Å². The Labute approximate surface area is 125 Å². The first-order valence-electron chi connectivity index (χ1n) is 7.42. The standard InChI is InChI=1S/C18H20N2O/c1-3-13(2)14-8-10-15(11-9-14)21-12-18-19-16-6-4-5-7-17(16)20-18/h4-11,13H,3,12H2,1-2H3,(H,19,20)/t13-/m0/s1. The lowest BCUT2D eigenvalue weighted by molar-refractivity contribution is 0.297. The topological polar surface area (TPSA) is 37.9 Å². The second-order valence-electron chi connectivity index (χ2n) is 5.37. The molecule has 3 rings (SSSR count). The van der Waals surface area contributed by atoms with Gasteiger partial charge in [0, 0.05) is 0 Å². The van der Waals surface area contributed by atoms with Crippen LogP contribution in [0.25, 0.3) is 11.0 Å². The number of hydrogen-bond donors (Lipinski definition) is 1. The fourth-order valence-corrected chi connectivity index (χ4v) is 2.35. The minimum atomic E-state index is 0.456. The predicted molar refractivity (Wildman–Crippen MR) is 85.6 cm³/mol. The Kier molecular flexibility index (Phi) is 3.91. The van der Waals surface area contributed by atoms with Crippen LogP contribution in [0.15, 0.2) is 48.5 Å². The molecular weight excluding hydrogens is 260 g/mol. The van der Waals surface area contributed by atoms with Gasteiger partial charge in [-0.2, -0.15) is 0 Å². The molecule has 0 saturated heterocycles. The molecule has 0 aliphatic rings. The second-order valence-corrected chi connectivity index (χ2v) is 5.37. The van der Waals surface area contributed by atoms with Gasteiger partial charge in [-0.15, -0.1) is 0 Å². The Bertz CT molecular complexity index is 682. The number of H-pyrrole nitrogens is 1. The van der Waals surface area contributed by atoms with Crippen molar-refractivity contribution in [3.63, 3.8) is 0 Å². The Morgan fingerprint density at radius 2 is 1.86 bits per heavy atom. The molecule has 2 aromatic carbocycles. The first-order valence-corrected chi connectivity index (χ1v) is 7.42. The summed E-state index contributed by atoms with van der Waals surface area (Å²) >= 11 is 0. The van der Waals surface area contributed by atoms with Crippen LogP contribution < -0.4 is 4.74 Å². The molecule has 3 heteroatoms. The first kappa shape index (κ1) is 13.7. The van der Waals surface area contributed by atoms with E-state index in [-0.39, 0.29) is 0 Å². The van der Waals surface area contributed by atoms with E-state index in [0.29, 0.717) is 12.5 Å². The molecule has 0 radical (unpaired) electrons. The summed E-state index contributed by atoms with van der Waals surface area (Å²) in [6, 6.07) is 16.3. The number of benzene rings is 2. The van der Waals surface area contributed by atoms with Crippen molar-refractivity contribution in [3.8, 4) is 5.75 Å². The van der Waals surface area contributed by atoms with Crippen LogP contribution in [0.3, 0.4) is 0 Å². The van der Waals surface area contributed by atoms with Gasteiger partial charge in [0.05, 0.1) is 11.0 Å². The SMILES string of the molecule is CC[C@H](C)c1ccc(OCc2nc3ccccc3[nH]2)cc1. The van der Waals surface area contributed by atoms with Gasteiger partial charge in [0.2, 0.25) is 0 Å². The number of nitrogens with zero attached hydrogens (tertiary/aromatic N) is 1. The molecule has 0 amide bonds. The van der Waals surface area contributed by atoms with Crippen LogP contribution in [0.5, 0.6) is 5.75 Å². The number of aromatic amines is 1. The average molecular weight is 280 g/mol. The third-order valence-corrected chi connectivity index (χ3v) is 3.88. The zero-order chi connectivity index (χ0) is 14.7. The number of ether oxygens (including phenoxy) is 1. The minimum absolute atomic E-state index is 0.456. The van der Waals surface area contributed by atoms with Gasteiger partial charge in [0.15, 0.2) is 0 Å². The van der Waals surface area contributed by atoms with Crippen LogP contribution in [0, 0.1) is 0 Å². The maximum atomic E-state index is 5.80. The summed E-state index contributed by atoms with van der Waals surface area (Å²) in [4.78, 5) is 7.77. The molecule has 1 heterocycles. The van der Waals surface area contributed by atoms with Crippen LogP contribution in [0.4, 0.5) is 0 Å². The van der Waals surface area contributed by atoms with Crippen LogP contribution >= 0.6 is 0 Å². The Morgan fingerprint density at radius 1 is 1.10 bits per heavy atom. The number of nitrogens with one attached hydrogen (secondary N) is 1. The molecule has 0 aliphatic carbocycles. The van der Waals surface area contributed by atoms with Crippen LogP contribution in [-0.2, 0) is 6.61 Å². The Balaban J connectivity index is 1.67. The molecule has 1 atom stereocenters. The number of imidazole rings is 1. The van der Waals surface area contributed by atoms with Crippen molar-refractivity contribution in [2.45, 2.75) is 32.8 Å². The molecule has 3 aromatic rings.